The average molecular weight is 390 g/mol. The highest BCUT2D eigenvalue weighted by Crippen LogP contribution is 2.67. The van der Waals surface area contributed by atoms with Crippen molar-refractivity contribution < 1.29 is 4.79 Å². The quantitative estimate of drug-likeness (QED) is 0.543. The first kappa shape index (κ1) is 19.3. The molecule has 2 nitrogen and oxygen atoms in total. The van der Waals surface area contributed by atoms with Crippen LogP contribution < -0.4 is 0 Å². The van der Waals surface area contributed by atoms with Crippen LogP contribution in [0.4, 0.5) is 0 Å². The van der Waals surface area contributed by atoms with E-state index in [9.17, 15) is 4.79 Å². The Labute approximate surface area is 175 Å². The number of aromatic nitrogens is 1. The van der Waals surface area contributed by atoms with Gasteiger partial charge in [0.1, 0.15) is 5.78 Å². The van der Waals surface area contributed by atoms with Crippen LogP contribution in [0.25, 0.3) is 5.57 Å². The molecule has 1 heterocycles. The lowest BCUT2D eigenvalue weighted by atomic mass is 9.45. The van der Waals surface area contributed by atoms with Crippen molar-refractivity contribution in [2.75, 3.05) is 0 Å². The summed E-state index contributed by atoms with van der Waals surface area (Å²) < 4.78 is 0. The van der Waals surface area contributed by atoms with Crippen LogP contribution in [0.2, 0.25) is 0 Å². The van der Waals surface area contributed by atoms with Gasteiger partial charge in [0.2, 0.25) is 0 Å². The molecule has 1 aromatic heterocycles. The molecular weight excluding hydrogens is 354 g/mol. The third-order valence-electron chi connectivity index (χ3n) is 9.28. The van der Waals surface area contributed by atoms with E-state index in [2.05, 4.69) is 56.2 Å². The third-order valence-corrected chi connectivity index (χ3v) is 9.28. The van der Waals surface area contributed by atoms with Crippen LogP contribution in [0.3, 0.4) is 0 Å². The standard InChI is InChI=1S/C27H35NO/c1-4-6-18-15-20-16-21(29)10-12-26(20,2)24-11-13-27(3)22(8-9-23(27)25(18)24)19-7-5-14-28-17-19/h5,7-8,14-15,17-18,23-25H,4,6,9-13,16H2,1-3H3/t18?,23-,24+,25-,26-,27+/m0/s1. The molecular formula is C27H35NO. The Balaban J connectivity index is 1.54. The number of rotatable bonds is 3. The van der Waals surface area contributed by atoms with Crippen LogP contribution in [0.1, 0.15) is 77.7 Å². The summed E-state index contributed by atoms with van der Waals surface area (Å²) in [6.45, 7) is 7.36. The van der Waals surface area contributed by atoms with Gasteiger partial charge >= 0.3 is 0 Å². The van der Waals surface area contributed by atoms with E-state index in [1.165, 1.54) is 43.2 Å². The first-order chi connectivity index (χ1) is 14.0. The van der Waals surface area contributed by atoms with E-state index < -0.39 is 0 Å². The molecule has 2 saturated carbocycles. The van der Waals surface area contributed by atoms with Crippen LogP contribution in [-0.4, -0.2) is 10.8 Å². The number of carbonyl (C=O) groups is 1. The van der Waals surface area contributed by atoms with E-state index in [1.54, 1.807) is 5.57 Å². The van der Waals surface area contributed by atoms with Crippen LogP contribution in [0.5, 0.6) is 0 Å². The summed E-state index contributed by atoms with van der Waals surface area (Å²) in [5.41, 5.74) is 4.88. The molecule has 5 rings (SSSR count). The van der Waals surface area contributed by atoms with Crippen molar-refractivity contribution in [2.24, 2.45) is 34.5 Å². The summed E-state index contributed by atoms with van der Waals surface area (Å²) in [5.74, 6) is 3.32. The Kier molecular flexibility index (Phi) is 4.60. The molecule has 1 unspecified atom stereocenters. The summed E-state index contributed by atoms with van der Waals surface area (Å²) in [4.78, 5) is 16.7. The zero-order chi connectivity index (χ0) is 20.2. The molecule has 0 aliphatic heterocycles. The fourth-order valence-electron chi connectivity index (χ4n) is 7.79. The van der Waals surface area contributed by atoms with Gasteiger partial charge in [-0.25, -0.2) is 0 Å². The van der Waals surface area contributed by atoms with E-state index in [0.717, 1.165) is 37.0 Å². The van der Waals surface area contributed by atoms with Crippen LogP contribution in [-0.2, 0) is 4.79 Å². The van der Waals surface area contributed by atoms with Gasteiger partial charge in [0.25, 0.3) is 0 Å². The molecule has 4 aliphatic carbocycles. The second-order valence-corrected chi connectivity index (χ2v) is 10.6. The van der Waals surface area contributed by atoms with Crippen molar-refractivity contribution in [3.8, 4) is 0 Å². The maximum Gasteiger partial charge on any atom is 0.136 e. The number of pyridine rings is 1. The Morgan fingerprint density at radius 3 is 2.79 bits per heavy atom. The van der Waals surface area contributed by atoms with Gasteiger partial charge in [-0.15, -0.1) is 0 Å². The van der Waals surface area contributed by atoms with Gasteiger partial charge in [-0.05, 0) is 83.8 Å². The maximum atomic E-state index is 12.3. The van der Waals surface area contributed by atoms with E-state index in [1.807, 2.05) is 6.20 Å². The smallest absolute Gasteiger partial charge is 0.136 e. The van der Waals surface area contributed by atoms with Crippen LogP contribution in [0, 0.1) is 34.5 Å². The molecule has 0 spiro atoms. The molecule has 0 aromatic carbocycles. The highest BCUT2D eigenvalue weighted by Gasteiger charge is 2.58. The average Bonchev–Trinajstić information content (AvgIpc) is 3.07. The van der Waals surface area contributed by atoms with E-state index >= 15 is 0 Å². The normalized spacial score (nSPS) is 41.1. The van der Waals surface area contributed by atoms with Crippen molar-refractivity contribution in [1.82, 2.24) is 4.98 Å². The second-order valence-electron chi connectivity index (χ2n) is 10.6. The minimum atomic E-state index is 0.251. The summed E-state index contributed by atoms with van der Waals surface area (Å²) in [7, 11) is 0. The molecule has 0 radical (unpaired) electrons. The van der Waals surface area contributed by atoms with E-state index in [0.29, 0.717) is 11.7 Å². The Morgan fingerprint density at radius 1 is 1.17 bits per heavy atom. The predicted molar refractivity (Wildman–Crippen MR) is 118 cm³/mol. The van der Waals surface area contributed by atoms with Gasteiger partial charge in [-0.3, -0.25) is 9.78 Å². The molecule has 6 atom stereocenters. The molecule has 0 saturated heterocycles. The minimum Gasteiger partial charge on any atom is -0.299 e. The number of nitrogens with zero attached hydrogens (tertiary/aromatic N) is 1. The summed E-state index contributed by atoms with van der Waals surface area (Å²) in [6.07, 6.45) is 17.9. The summed E-state index contributed by atoms with van der Waals surface area (Å²) >= 11 is 0. The van der Waals surface area contributed by atoms with Crippen molar-refractivity contribution in [3.63, 3.8) is 0 Å². The molecule has 29 heavy (non-hydrogen) atoms. The fraction of sp³-hybridized carbons (Fsp3) is 0.630. The lowest BCUT2D eigenvalue weighted by molar-refractivity contribution is -0.122. The lowest BCUT2D eigenvalue weighted by Crippen LogP contribution is -2.52. The molecule has 0 amide bonds. The van der Waals surface area contributed by atoms with Gasteiger partial charge in [0, 0.05) is 25.2 Å². The van der Waals surface area contributed by atoms with Crippen LogP contribution in [0.15, 0.2) is 42.3 Å². The molecule has 2 fully saturated rings. The maximum absolute atomic E-state index is 12.3. The van der Waals surface area contributed by atoms with Gasteiger partial charge in [0.05, 0.1) is 0 Å². The second kappa shape index (κ2) is 6.93. The first-order valence-electron chi connectivity index (χ1n) is 11.8. The van der Waals surface area contributed by atoms with Gasteiger partial charge in [-0.2, -0.15) is 0 Å². The third kappa shape index (κ3) is 2.81. The zero-order valence-corrected chi connectivity index (χ0v) is 18.3. The number of ketones is 1. The monoisotopic (exact) mass is 389 g/mol. The van der Waals surface area contributed by atoms with Crippen molar-refractivity contribution >= 4 is 11.4 Å². The molecule has 0 bridgehead atoms. The summed E-state index contributed by atoms with van der Waals surface area (Å²) in [5, 5.41) is 0. The molecule has 1 aromatic rings. The zero-order valence-electron chi connectivity index (χ0n) is 18.3. The summed E-state index contributed by atoms with van der Waals surface area (Å²) in [6, 6.07) is 4.32. The Hall–Kier alpha value is -1.70. The SMILES string of the molecule is CCCC1C=C2CC(=O)CC[C@]2(C)[C@@H]2CC[C@]3(C)C(c4cccnc4)=CC[C@H]3[C@H]12. The first-order valence-corrected chi connectivity index (χ1v) is 11.8. The predicted octanol–water partition coefficient (Wildman–Crippen LogP) is 6.63. The van der Waals surface area contributed by atoms with Gasteiger partial charge in [-0.1, -0.05) is 51.0 Å². The number of hydrogen-bond donors (Lipinski definition) is 0. The highest BCUT2D eigenvalue weighted by atomic mass is 16.1. The van der Waals surface area contributed by atoms with Gasteiger partial charge in [0.15, 0.2) is 0 Å². The highest BCUT2D eigenvalue weighted by molar-refractivity contribution is 5.82. The van der Waals surface area contributed by atoms with Crippen molar-refractivity contribution in [2.45, 2.75) is 72.1 Å². The van der Waals surface area contributed by atoms with Crippen LogP contribution >= 0.6 is 0 Å². The number of fused-ring (bicyclic) bond motifs is 5. The van der Waals surface area contributed by atoms with Crippen molar-refractivity contribution in [1.29, 1.82) is 0 Å². The molecule has 0 N–H and O–H groups in total. The minimum absolute atomic E-state index is 0.251. The lowest BCUT2D eigenvalue weighted by Gasteiger charge is -2.59. The van der Waals surface area contributed by atoms with Crippen molar-refractivity contribution in [3.05, 3.63) is 47.8 Å². The fourth-order valence-corrected chi connectivity index (χ4v) is 7.79. The molecule has 154 valence electrons. The number of hydrogen-bond acceptors (Lipinski definition) is 2. The van der Waals surface area contributed by atoms with E-state index in [4.69, 9.17) is 0 Å². The number of carbonyl (C=O) groups excluding carboxylic acids is 1. The van der Waals surface area contributed by atoms with E-state index in [-0.39, 0.29) is 10.8 Å². The number of Topliss-reactive ketones (excluding diaryl/α,β-unsaturated/α-hetero) is 1. The topological polar surface area (TPSA) is 30.0 Å². The number of allylic oxidation sites excluding steroid dienone is 4. The Morgan fingerprint density at radius 2 is 2.03 bits per heavy atom. The molecule has 2 heteroatoms. The van der Waals surface area contributed by atoms with Gasteiger partial charge < -0.3 is 0 Å². The largest absolute Gasteiger partial charge is 0.299 e. The Bertz CT molecular complexity index is 868. The molecule has 4 aliphatic rings.